The highest BCUT2D eigenvalue weighted by Gasteiger charge is 1.79. The van der Waals surface area contributed by atoms with Crippen LogP contribution in [0.1, 0.15) is 6.92 Å². The van der Waals surface area contributed by atoms with Crippen molar-refractivity contribution in [2.75, 3.05) is 7.11 Å². The lowest BCUT2D eigenvalue weighted by atomic mass is 10.5. The quantitative estimate of drug-likeness (QED) is 0.215. The van der Waals surface area contributed by atoms with Crippen LogP contribution >= 0.6 is 12.0 Å². The molecule has 0 aromatic heterocycles. The van der Waals surface area contributed by atoms with Gasteiger partial charge < -0.3 is 0 Å². The molecule has 0 bridgehead atoms. The first kappa shape index (κ1) is 10.9. The van der Waals surface area contributed by atoms with E-state index < -0.39 is 0 Å². The van der Waals surface area contributed by atoms with Gasteiger partial charge in [0.2, 0.25) is 0 Å². The SMILES string of the molecule is CC#CC#CC#CSOOOC. The van der Waals surface area contributed by atoms with E-state index in [9.17, 15) is 0 Å². The maximum absolute atomic E-state index is 4.31. The first-order chi connectivity index (χ1) is 5.91. The summed E-state index contributed by atoms with van der Waals surface area (Å²) in [5.41, 5.74) is 0. The van der Waals surface area contributed by atoms with Crippen molar-refractivity contribution >= 4 is 12.0 Å². The van der Waals surface area contributed by atoms with Crippen LogP contribution in [0.3, 0.4) is 0 Å². The van der Waals surface area contributed by atoms with Crippen LogP contribution in [0, 0.1) is 34.9 Å². The van der Waals surface area contributed by atoms with Gasteiger partial charge in [-0.3, -0.25) is 0 Å². The molecular formula is C8H6O3S. The fourth-order valence-electron chi connectivity index (χ4n) is 0.230. The van der Waals surface area contributed by atoms with Crippen LogP contribution < -0.4 is 0 Å². The number of rotatable bonds is 3. The van der Waals surface area contributed by atoms with Gasteiger partial charge in [0.1, 0.15) is 12.0 Å². The molecule has 0 rings (SSSR count). The average molecular weight is 182 g/mol. The molecule has 0 aliphatic rings. The average Bonchev–Trinajstić information content (AvgIpc) is 2.10. The molecule has 12 heavy (non-hydrogen) atoms. The van der Waals surface area contributed by atoms with Gasteiger partial charge in [0.25, 0.3) is 0 Å². The molecule has 0 atom stereocenters. The third kappa shape index (κ3) is 8.91. The Morgan fingerprint density at radius 3 is 2.50 bits per heavy atom. The Bertz CT molecular complexity index is 279. The van der Waals surface area contributed by atoms with Gasteiger partial charge >= 0.3 is 0 Å². The predicted molar refractivity (Wildman–Crippen MR) is 45.8 cm³/mol. The monoisotopic (exact) mass is 182 g/mol. The lowest BCUT2D eigenvalue weighted by Crippen LogP contribution is -1.81. The molecule has 0 N–H and O–H groups in total. The lowest BCUT2D eigenvalue weighted by Gasteiger charge is -1.88. The third-order valence-corrected chi connectivity index (χ3v) is 0.844. The van der Waals surface area contributed by atoms with Crippen molar-refractivity contribution in [1.82, 2.24) is 0 Å². The van der Waals surface area contributed by atoms with Crippen LogP contribution in [-0.4, -0.2) is 7.11 Å². The zero-order valence-corrected chi connectivity index (χ0v) is 7.45. The summed E-state index contributed by atoms with van der Waals surface area (Å²) in [6.07, 6.45) is 0. The Hall–Kier alpha value is -1.09. The van der Waals surface area contributed by atoms with Crippen molar-refractivity contribution in [2.24, 2.45) is 0 Å². The largest absolute Gasteiger partial charge is 0.209 e. The standard InChI is InChI=1S/C8H6O3S/c1-3-4-5-6-7-8-12-11-10-9-2/h1-2H3. The van der Waals surface area contributed by atoms with Gasteiger partial charge in [-0.1, -0.05) is 11.0 Å². The van der Waals surface area contributed by atoms with Crippen molar-refractivity contribution in [3.05, 3.63) is 0 Å². The molecule has 0 fully saturated rings. The highest BCUT2D eigenvalue weighted by Crippen LogP contribution is 1.98. The Balaban J connectivity index is 3.47. The Kier molecular flexibility index (Phi) is 9.01. The van der Waals surface area contributed by atoms with Gasteiger partial charge in [-0.25, -0.2) is 4.89 Å². The Labute approximate surface area is 75.8 Å². The van der Waals surface area contributed by atoms with Crippen molar-refractivity contribution in [3.63, 3.8) is 0 Å². The van der Waals surface area contributed by atoms with E-state index in [0.29, 0.717) is 0 Å². The Morgan fingerprint density at radius 2 is 1.83 bits per heavy atom. The first-order valence-electron chi connectivity index (χ1n) is 2.86. The van der Waals surface area contributed by atoms with Crippen molar-refractivity contribution in [1.29, 1.82) is 0 Å². The van der Waals surface area contributed by atoms with E-state index in [4.69, 9.17) is 0 Å². The van der Waals surface area contributed by atoms with E-state index in [-0.39, 0.29) is 0 Å². The molecule has 0 unspecified atom stereocenters. The second kappa shape index (κ2) is 9.91. The summed E-state index contributed by atoms with van der Waals surface area (Å²) in [6, 6.07) is 0. The van der Waals surface area contributed by atoms with E-state index in [2.05, 4.69) is 49.1 Å². The molecule has 3 nitrogen and oxygen atoms in total. The topological polar surface area (TPSA) is 27.7 Å². The molecule has 0 saturated heterocycles. The van der Waals surface area contributed by atoms with Crippen LogP contribution in [0.15, 0.2) is 0 Å². The van der Waals surface area contributed by atoms with Crippen LogP contribution in [0.4, 0.5) is 0 Å². The normalized spacial score (nSPS) is 6.50. The second-order valence-electron chi connectivity index (χ2n) is 1.24. The summed E-state index contributed by atoms with van der Waals surface area (Å²) >= 11 is 0.777. The third-order valence-electron chi connectivity index (χ3n) is 0.535. The van der Waals surface area contributed by atoms with E-state index in [1.807, 2.05) is 0 Å². The zero-order valence-electron chi connectivity index (χ0n) is 6.63. The van der Waals surface area contributed by atoms with Gasteiger partial charge in [-0.2, -0.15) is 0 Å². The van der Waals surface area contributed by atoms with Crippen LogP contribution in [0.5, 0.6) is 0 Å². The number of hydrogen-bond donors (Lipinski definition) is 0. The van der Waals surface area contributed by atoms with E-state index in [1.165, 1.54) is 7.11 Å². The highest BCUT2D eigenvalue weighted by atomic mass is 32.2. The number of hydrogen-bond acceptors (Lipinski definition) is 4. The van der Waals surface area contributed by atoms with Gasteiger partial charge in [0, 0.05) is 11.2 Å². The molecule has 0 amide bonds. The van der Waals surface area contributed by atoms with Crippen molar-refractivity contribution < 1.29 is 14.3 Å². The molecule has 0 aromatic carbocycles. The van der Waals surface area contributed by atoms with E-state index in [1.54, 1.807) is 6.92 Å². The molecule has 0 aromatic rings. The fraction of sp³-hybridized carbons (Fsp3) is 0.250. The molecule has 0 spiro atoms. The summed E-state index contributed by atoms with van der Waals surface area (Å²) in [4.78, 5) is 4.12. The summed E-state index contributed by atoms with van der Waals surface area (Å²) in [5, 5.41) is 6.52. The van der Waals surface area contributed by atoms with Gasteiger partial charge in [-0.05, 0) is 24.7 Å². The smallest absolute Gasteiger partial charge is 0.125 e. The van der Waals surface area contributed by atoms with Crippen molar-refractivity contribution in [3.8, 4) is 34.9 Å². The molecule has 0 radical (unpaired) electrons. The fourth-order valence-corrected chi connectivity index (χ4v) is 0.440. The predicted octanol–water partition coefficient (Wildman–Crippen LogP) is 1.13. The summed E-state index contributed by atoms with van der Waals surface area (Å²) < 4.78 is 4.31. The minimum absolute atomic E-state index is 0.777. The van der Waals surface area contributed by atoms with Gasteiger partial charge in [-0.15, -0.1) is 4.33 Å². The maximum atomic E-state index is 4.31. The van der Waals surface area contributed by atoms with E-state index in [0.717, 1.165) is 12.0 Å². The Morgan fingerprint density at radius 1 is 1.08 bits per heavy atom. The van der Waals surface area contributed by atoms with Crippen LogP contribution in [0.2, 0.25) is 0 Å². The first-order valence-corrected chi connectivity index (χ1v) is 3.60. The highest BCUT2D eigenvalue weighted by molar-refractivity contribution is 7.99. The van der Waals surface area contributed by atoms with Crippen molar-refractivity contribution in [2.45, 2.75) is 6.92 Å². The molecule has 62 valence electrons. The molecular weight excluding hydrogens is 176 g/mol. The second-order valence-corrected chi connectivity index (χ2v) is 1.75. The summed E-state index contributed by atoms with van der Waals surface area (Å²) in [7, 11) is 1.32. The maximum Gasteiger partial charge on any atom is 0.125 e. The molecule has 0 heterocycles. The van der Waals surface area contributed by atoms with Gasteiger partial charge in [0.15, 0.2) is 0 Å². The molecule has 0 saturated carbocycles. The molecule has 0 aliphatic heterocycles. The molecule has 4 heteroatoms. The minimum atomic E-state index is 0.777. The van der Waals surface area contributed by atoms with Gasteiger partial charge in [0.05, 0.1) is 7.11 Å². The lowest BCUT2D eigenvalue weighted by molar-refractivity contribution is -0.447. The minimum Gasteiger partial charge on any atom is -0.209 e. The summed E-state index contributed by atoms with van der Waals surface area (Å²) in [5.74, 6) is 12.6. The zero-order chi connectivity index (χ0) is 9.07. The van der Waals surface area contributed by atoms with Crippen LogP contribution in [-0.2, 0) is 14.3 Å². The van der Waals surface area contributed by atoms with Crippen LogP contribution in [0.25, 0.3) is 0 Å². The van der Waals surface area contributed by atoms with E-state index >= 15 is 0 Å². The molecule has 0 aliphatic carbocycles. The summed E-state index contributed by atoms with van der Waals surface area (Å²) in [6.45, 7) is 1.70.